The number of carbonyl (C=O) groups is 1. The zero-order chi connectivity index (χ0) is 14.7. The SMILES string of the molecule is CC(C)C[C@H](NCc1nc2ccccc2n1C)C(=O)O. The maximum atomic E-state index is 11.2. The number of para-hydroxylation sites is 2. The van der Waals surface area contributed by atoms with E-state index in [2.05, 4.69) is 10.3 Å². The number of carboxylic acids is 1. The molecule has 0 radical (unpaired) electrons. The van der Waals surface area contributed by atoms with Crippen molar-refractivity contribution in [3.8, 4) is 0 Å². The van der Waals surface area contributed by atoms with Crippen molar-refractivity contribution < 1.29 is 9.90 Å². The molecule has 2 aromatic rings. The number of benzene rings is 1. The molecule has 108 valence electrons. The van der Waals surface area contributed by atoms with Crippen LogP contribution in [0.5, 0.6) is 0 Å². The van der Waals surface area contributed by atoms with Crippen LogP contribution in [0.3, 0.4) is 0 Å². The molecule has 1 aromatic heterocycles. The number of nitrogens with one attached hydrogen (secondary N) is 1. The van der Waals surface area contributed by atoms with Gasteiger partial charge in [0.15, 0.2) is 0 Å². The van der Waals surface area contributed by atoms with E-state index in [9.17, 15) is 9.90 Å². The van der Waals surface area contributed by atoms with Gasteiger partial charge in [-0.25, -0.2) is 4.98 Å². The first kappa shape index (κ1) is 14.5. The number of aryl methyl sites for hydroxylation is 1. The highest BCUT2D eigenvalue weighted by Gasteiger charge is 2.19. The summed E-state index contributed by atoms with van der Waals surface area (Å²) in [4.78, 5) is 15.8. The second kappa shape index (κ2) is 6.05. The number of fused-ring (bicyclic) bond motifs is 1. The van der Waals surface area contributed by atoms with E-state index in [0.29, 0.717) is 18.9 Å². The molecule has 0 aliphatic rings. The molecule has 0 spiro atoms. The lowest BCUT2D eigenvalue weighted by molar-refractivity contribution is -0.140. The first-order valence-electron chi connectivity index (χ1n) is 6.85. The Morgan fingerprint density at radius 1 is 1.40 bits per heavy atom. The smallest absolute Gasteiger partial charge is 0.320 e. The molecule has 1 heterocycles. The zero-order valence-corrected chi connectivity index (χ0v) is 12.1. The fourth-order valence-corrected chi connectivity index (χ4v) is 2.31. The Bertz CT molecular complexity index is 604. The topological polar surface area (TPSA) is 67.2 Å². The predicted octanol–water partition coefficient (Wildman–Crippen LogP) is 2.16. The average molecular weight is 275 g/mol. The fourth-order valence-electron chi connectivity index (χ4n) is 2.31. The third-order valence-corrected chi connectivity index (χ3v) is 3.39. The van der Waals surface area contributed by atoms with Crippen LogP contribution in [0, 0.1) is 5.92 Å². The van der Waals surface area contributed by atoms with Gasteiger partial charge < -0.3 is 9.67 Å². The molecule has 0 aliphatic carbocycles. The van der Waals surface area contributed by atoms with E-state index >= 15 is 0 Å². The summed E-state index contributed by atoms with van der Waals surface area (Å²) >= 11 is 0. The molecule has 0 saturated heterocycles. The predicted molar refractivity (Wildman–Crippen MR) is 78.4 cm³/mol. The zero-order valence-electron chi connectivity index (χ0n) is 12.1. The van der Waals surface area contributed by atoms with E-state index < -0.39 is 12.0 Å². The average Bonchev–Trinajstić information content (AvgIpc) is 2.71. The van der Waals surface area contributed by atoms with Gasteiger partial charge in [0.1, 0.15) is 11.9 Å². The lowest BCUT2D eigenvalue weighted by Crippen LogP contribution is -2.37. The molecular weight excluding hydrogens is 254 g/mol. The van der Waals surface area contributed by atoms with Crippen LogP contribution in [0.4, 0.5) is 0 Å². The van der Waals surface area contributed by atoms with Gasteiger partial charge in [0, 0.05) is 7.05 Å². The van der Waals surface area contributed by atoms with E-state index in [1.807, 2.05) is 49.7 Å². The molecule has 5 nitrogen and oxygen atoms in total. The Morgan fingerprint density at radius 2 is 2.10 bits per heavy atom. The molecule has 2 rings (SSSR count). The van der Waals surface area contributed by atoms with Gasteiger partial charge in [0.25, 0.3) is 0 Å². The molecule has 0 fully saturated rings. The van der Waals surface area contributed by atoms with Gasteiger partial charge in [-0.15, -0.1) is 0 Å². The highest BCUT2D eigenvalue weighted by molar-refractivity contribution is 5.76. The third-order valence-electron chi connectivity index (χ3n) is 3.39. The summed E-state index contributed by atoms with van der Waals surface area (Å²) in [5, 5.41) is 12.3. The first-order valence-corrected chi connectivity index (χ1v) is 6.85. The van der Waals surface area contributed by atoms with Gasteiger partial charge in [0.2, 0.25) is 0 Å². The number of aromatic nitrogens is 2. The Morgan fingerprint density at radius 3 is 2.70 bits per heavy atom. The Kier molecular flexibility index (Phi) is 4.39. The Hall–Kier alpha value is -1.88. The number of imidazole rings is 1. The largest absolute Gasteiger partial charge is 0.480 e. The van der Waals surface area contributed by atoms with E-state index in [-0.39, 0.29) is 0 Å². The van der Waals surface area contributed by atoms with Crippen LogP contribution >= 0.6 is 0 Å². The van der Waals surface area contributed by atoms with Crippen molar-refractivity contribution in [1.29, 1.82) is 0 Å². The van der Waals surface area contributed by atoms with E-state index in [1.165, 1.54) is 0 Å². The number of nitrogens with zero attached hydrogens (tertiary/aromatic N) is 2. The van der Waals surface area contributed by atoms with E-state index in [4.69, 9.17) is 0 Å². The molecule has 0 saturated carbocycles. The van der Waals surface area contributed by atoms with Crippen LogP contribution in [-0.2, 0) is 18.4 Å². The second-order valence-electron chi connectivity index (χ2n) is 5.48. The van der Waals surface area contributed by atoms with Crippen molar-refractivity contribution in [2.24, 2.45) is 13.0 Å². The summed E-state index contributed by atoms with van der Waals surface area (Å²) < 4.78 is 2.00. The minimum atomic E-state index is -0.808. The molecule has 0 unspecified atom stereocenters. The van der Waals surface area contributed by atoms with Crippen LogP contribution in [0.15, 0.2) is 24.3 Å². The molecule has 0 aliphatic heterocycles. The van der Waals surface area contributed by atoms with Gasteiger partial charge in [-0.2, -0.15) is 0 Å². The van der Waals surface area contributed by atoms with Gasteiger partial charge in [0.05, 0.1) is 17.6 Å². The van der Waals surface area contributed by atoms with Gasteiger partial charge in [-0.05, 0) is 24.5 Å². The normalized spacial score (nSPS) is 13.0. The summed E-state index contributed by atoms with van der Waals surface area (Å²) in [5.41, 5.74) is 1.99. The van der Waals surface area contributed by atoms with E-state index in [1.54, 1.807) is 0 Å². The summed E-state index contributed by atoms with van der Waals surface area (Å²) in [5.74, 6) is 0.378. The maximum absolute atomic E-state index is 11.2. The molecular formula is C15H21N3O2. The maximum Gasteiger partial charge on any atom is 0.320 e. The van der Waals surface area contributed by atoms with Crippen molar-refractivity contribution >= 4 is 17.0 Å². The first-order chi connectivity index (χ1) is 9.49. The Balaban J connectivity index is 2.11. The number of hydrogen-bond acceptors (Lipinski definition) is 3. The van der Waals surface area contributed by atoms with Gasteiger partial charge in [-0.3, -0.25) is 10.1 Å². The van der Waals surface area contributed by atoms with Gasteiger partial charge >= 0.3 is 5.97 Å². The summed E-state index contributed by atoms with van der Waals surface area (Å²) in [6.45, 7) is 4.49. The number of hydrogen-bond donors (Lipinski definition) is 2. The van der Waals surface area contributed by atoms with Crippen molar-refractivity contribution in [2.75, 3.05) is 0 Å². The molecule has 1 aromatic carbocycles. The number of carboxylic acid groups (broad SMARTS) is 1. The lowest BCUT2D eigenvalue weighted by Gasteiger charge is -2.16. The summed E-state index contributed by atoms with van der Waals surface area (Å²) in [6, 6.07) is 7.36. The van der Waals surface area contributed by atoms with E-state index in [0.717, 1.165) is 16.9 Å². The molecule has 20 heavy (non-hydrogen) atoms. The molecule has 0 bridgehead atoms. The second-order valence-corrected chi connectivity index (χ2v) is 5.48. The van der Waals surface area contributed by atoms with Crippen LogP contribution in [-0.4, -0.2) is 26.7 Å². The summed E-state index contributed by atoms with van der Waals surface area (Å²) in [7, 11) is 1.95. The molecule has 2 N–H and O–H groups in total. The van der Waals surface area contributed by atoms with Crippen LogP contribution < -0.4 is 5.32 Å². The Labute approximate surface area is 118 Å². The minimum absolute atomic E-state index is 0.337. The number of rotatable bonds is 6. The van der Waals surface area contributed by atoms with Crippen molar-refractivity contribution in [2.45, 2.75) is 32.9 Å². The lowest BCUT2D eigenvalue weighted by atomic mass is 10.0. The van der Waals surface area contributed by atoms with Gasteiger partial charge in [-0.1, -0.05) is 26.0 Å². The highest BCUT2D eigenvalue weighted by Crippen LogP contribution is 2.14. The highest BCUT2D eigenvalue weighted by atomic mass is 16.4. The molecule has 0 amide bonds. The fraction of sp³-hybridized carbons (Fsp3) is 0.467. The van der Waals surface area contributed by atoms with Crippen LogP contribution in [0.25, 0.3) is 11.0 Å². The minimum Gasteiger partial charge on any atom is -0.480 e. The van der Waals surface area contributed by atoms with Crippen molar-refractivity contribution in [3.63, 3.8) is 0 Å². The molecule has 1 atom stereocenters. The van der Waals surface area contributed by atoms with Crippen molar-refractivity contribution in [1.82, 2.24) is 14.9 Å². The third kappa shape index (κ3) is 3.17. The number of aliphatic carboxylic acids is 1. The quantitative estimate of drug-likeness (QED) is 0.848. The monoisotopic (exact) mass is 275 g/mol. The standard InChI is InChI=1S/C15H21N3O2/c1-10(2)8-12(15(19)20)16-9-14-17-11-6-4-5-7-13(11)18(14)3/h4-7,10,12,16H,8-9H2,1-3H3,(H,19,20)/t12-/m0/s1. The molecule has 5 heteroatoms. The van der Waals surface area contributed by atoms with Crippen LogP contribution in [0.1, 0.15) is 26.1 Å². The van der Waals surface area contributed by atoms with Crippen molar-refractivity contribution in [3.05, 3.63) is 30.1 Å². The summed E-state index contributed by atoms with van der Waals surface area (Å²) in [6.07, 6.45) is 0.610. The van der Waals surface area contributed by atoms with Crippen LogP contribution in [0.2, 0.25) is 0 Å².